The molecule has 0 bridgehead atoms. The highest BCUT2D eigenvalue weighted by atomic mass is 16.2. The molecule has 0 spiro atoms. The number of rotatable bonds is 2. The fraction of sp³-hybridized carbons (Fsp3) is 0.389. The van der Waals surface area contributed by atoms with E-state index < -0.39 is 5.91 Å². The first-order chi connectivity index (χ1) is 11.1. The molecule has 0 aliphatic carbocycles. The maximum absolute atomic E-state index is 11.9. The number of nitrogen functional groups attached to an aromatic ring is 1. The number of anilines is 1. The van der Waals surface area contributed by atoms with Gasteiger partial charge in [0.2, 0.25) is 5.91 Å². The average Bonchev–Trinajstić information content (AvgIpc) is 2.51. The number of pyridine rings is 1. The number of hydrogen-bond acceptors (Lipinski definition) is 4. The fourth-order valence-electron chi connectivity index (χ4n) is 2.61. The molecule has 0 aliphatic rings. The summed E-state index contributed by atoms with van der Waals surface area (Å²) in [5, 5.41) is 0.916. The molecular formula is C18H24N4O2. The average molecular weight is 328 g/mol. The van der Waals surface area contributed by atoms with Crippen molar-refractivity contribution in [2.45, 2.75) is 40.0 Å². The Morgan fingerprint density at radius 1 is 1.21 bits per heavy atom. The number of nitrogens with two attached hydrogens (primary N) is 1. The number of aryl methyl sites for hydroxylation is 1. The maximum atomic E-state index is 11.9. The number of aromatic nitrogens is 1. The Bertz CT molecular complexity index is 822. The van der Waals surface area contributed by atoms with E-state index in [-0.39, 0.29) is 17.0 Å². The first-order valence-corrected chi connectivity index (χ1v) is 7.77. The summed E-state index contributed by atoms with van der Waals surface area (Å²) in [5.41, 5.74) is 5.63. The van der Waals surface area contributed by atoms with Gasteiger partial charge in [-0.15, -0.1) is 0 Å². The van der Waals surface area contributed by atoms with Gasteiger partial charge in [0.05, 0.1) is 5.52 Å². The molecule has 0 atom stereocenters. The molecule has 1 heterocycles. The van der Waals surface area contributed by atoms with Crippen LogP contribution in [0.2, 0.25) is 0 Å². The van der Waals surface area contributed by atoms with E-state index >= 15 is 0 Å². The lowest BCUT2D eigenvalue weighted by Gasteiger charge is -2.25. The number of carbonyl (C=O) groups is 2. The van der Waals surface area contributed by atoms with Crippen molar-refractivity contribution in [2.75, 3.05) is 11.9 Å². The van der Waals surface area contributed by atoms with Crippen molar-refractivity contribution in [2.24, 2.45) is 5.84 Å². The molecule has 0 radical (unpaired) electrons. The molecule has 2 aromatic rings. The number of fused-ring (bicyclic) bond motifs is 1. The molecule has 0 saturated carbocycles. The highest BCUT2D eigenvalue weighted by molar-refractivity contribution is 5.99. The van der Waals surface area contributed by atoms with Crippen molar-refractivity contribution >= 4 is 28.4 Å². The third kappa shape index (κ3) is 3.23. The number of carbonyl (C=O) groups excluding carboxylic acids is 2. The minimum absolute atomic E-state index is 0.0426. The smallest absolute Gasteiger partial charge is 0.283 e. The van der Waals surface area contributed by atoms with Crippen LogP contribution >= 0.6 is 0 Å². The van der Waals surface area contributed by atoms with E-state index in [0.717, 1.165) is 27.7 Å². The van der Waals surface area contributed by atoms with Crippen LogP contribution in [-0.4, -0.2) is 23.8 Å². The van der Waals surface area contributed by atoms with Crippen molar-refractivity contribution in [3.8, 4) is 0 Å². The molecule has 2 rings (SSSR count). The molecule has 1 aromatic carbocycles. The van der Waals surface area contributed by atoms with Crippen LogP contribution in [0.4, 0.5) is 5.69 Å². The summed E-state index contributed by atoms with van der Waals surface area (Å²) in [4.78, 5) is 29.8. The third-order valence-corrected chi connectivity index (χ3v) is 4.14. The highest BCUT2D eigenvalue weighted by Gasteiger charge is 2.22. The molecule has 0 fully saturated rings. The normalized spacial score (nSPS) is 11.5. The van der Waals surface area contributed by atoms with Crippen LogP contribution in [0.25, 0.3) is 10.9 Å². The van der Waals surface area contributed by atoms with Crippen LogP contribution < -0.4 is 16.2 Å². The summed E-state index contributed by atoms with van der Waals surface area (Å²) in [6.07, 6.45) is 0. The van der Waals surface area contributed by atoms with Gasteiger partial charge in [0.25, 0.3) is 5.91 Å². The Labute approximate surface area is 142 Å². The van der Waals surface area contributed by atoms with E-state index in [2.05, 4.69) is 31.2 Å². The van der Waals surface area contributed by atoms with Crippen LogP contribution in [0.3, 0.4) is 0 Å². The molecule has 128 valence electrons. The summed E-state index contributed by atoms with van der Waals surface area (Å²) in [6.45, 7) is 9.67. The lowest BCUT2D eigenvalue weighted by Crippen LogP contribution is -2.31. The lowest BCUT2D eigenvalue weighted by atomic mass is 9.84. The number of hydrazine groups is 1. The minimum atomic E-state index is -0.426. The molecule has 0 unspecified atom stereocenters. The van der Waals surface area contributed by atoms with Gasteiger partial charge in [0.15, 0.2) is 0 Å². The van der Waals surface area contributed by atoms with Crippen LogP contribution in [0.5, 0.6) is 0 Å². The van der Waals surface area contributed by atoms with Crippen LogP contribution in [-0.2, 0) is 10.2 Å². The Morgan fingerprint density at radius 3 is 2.33 bits per heavy atom. The minimum Gasteiger partial charge on any atom is -0.316 e. The zero-order chi connectivity index (χ0) is 18.2. The quantitative estimate of drug-likeness (QED) is 0.503. The molecule has 1 aromatic heterocycles. The van der Waals surface area contributed by atoms with Gasteiger partial charge >= 0.3 is 0 Å². The molecule has 6 heteroatoms. The van der Waals surface area contributed by atoms with Crippen LogP contribution in [0.15, 0.2) is 18.2 Å². The summed E-state index contributed by atoms with van der Waals surface area (Å²) in [6, 6.07) is 5.59. The van der Waals surface area contributed by atoms with Crippen molar-refractivity contribution in [1.29, 1.82) is 0 Å². The van der Waals surface area contributed by atoms with E-state index in [1.165, 1.54) is 6.92 Å². The second kappa shape index (κ2) is 6.20. The first-order valence-electron chi connectivity index (χ1n) is 7.77. The SMILES string of the molecule is CC(=O)N(C)c1cc(C(C)(C)C)c2nc(C(=O)NN)cc(C)c2c1. The number of nitrogens with one attached hydrogen (secondary N) is 1. The van der Waals surface area contributed by atoms with Gasteiger partial charge in [-0.05, 0) is 41.7 Å². The molecule has 3 N–H and O–H groups in total. The molecule has 0 saturated heterocycles. The second-order valence-electron chi connectivity index (χ2n) is 7.02. The highest BCUT2D eigenvalue weighted by Crippen LogP contribution is 2.34. The summed E-state index contributed by atoms with van der Waals surface area (Å²) in [7, 11) is 1.74. The Morgan fingerprint density at radius 2 is 1.83 bits per heavy atom. The van der Waals surface area contributed by atoms with Gasteiger partial charge < -0.3 is 4.90 Å². The second-order valence-corrected chi connectivity index (χ2v) is 7.02. The van der Waals surface area contributed by atoms with Crippen molar-refractivity contribution < 1.29 is 9.59 Å². The van der Waals surface area contributed by atoms with Gasteiger partial charge in [-0.2, -0.15) is 0 Å². The van der Waals surface area contributed by atoms with Crippen molar-refractivity contribution in [3.63, 3.8) is 0 Å². The third-order valence-electron chi connectivity index (χ3n) is 4.14. The van der Waals surface area contributed by atoms with Gasteiger partial charge in [0, 0.05) is 25.0 Å². The molecule has 24 heavy (non-hydrogen) atoms. The summed E-state index contributed by atoms with van der Waals surface area (Å²) in [5.74, 6) is 4.77. The number of amides is 2. The van der Waals surface area contributed by atoms with Gasteiger partial charge in [-0.1, -0.05) is 20.8 Å². The first kappa shape index (κ1) is 17.9. The van der Waals surface area contributed by atoms with E-state index in [9.17, 15) is 9.59 Å². The molecule has 6 nitrogen and oxygen atoms in total. The van der Waals surface area contributed by atoms with E-state index in [0.29, 0.717) is 0 Å². The predicted molar refractivity (Wildman–Crippen MR) is 95.9 cm³/mol. The Hall–Kier alpha value is -2.47. The van der Waals surface area contributed by atoms with E-state index in [4.69, 9.17) is 5.84 Å². The van der Waals surface area contributed by atoms with Gasteiger partial charge in [-0.25, -0.2) is 10.8 Å². The molecular weight excluding hydrogens is 304 g/mol. The number of benzene rings is 1. The van der Waals surface area contributed by atoms with Crippen LogP contribution in [0.1, 0.15) is 49.3 Å². The van der Waals surface area contributed by atoms with Gasteiger partial charge in [-0.3, -0.25) is 15.0 Å². The topological polar surface area (TPSA) is 88.3 Å². The van der Waals surface area contributed by atoms with Gasteiger partial charge in [0.1, 0.15) is 5.69 Å². The zero-order valence-corrected chi connectivity index (χ0v) is 15.0. The maximum Gasteiger partial charge on any atom is 0.283 e. The number of hydrogen-bond donors (Lipinski definition) is 2. The Balaban J connectivity index is 2.86. The summed E-state index contributed by atoms with van der Waals surface area (Å²) < 4.78 is 0. The number of nitrogens with zero attached hydrogens (tertiary/aromatic N) is 2. The zero-order valence-electron chi connectivity index (χ0n) is 15.0. The summed E-state index contributed by atoms with van der Waals surface area (Å²) >= 11 is 0. The van der Waals surface area contributed by atoms with E-state index in [1.807, 2.05) is 19.1 Å². The largest absolute Gasteiger partial charge is 0.316 e. The monoisotopic (exact) mass is 328 g/mol. The van der Waals surface area contributed by atoms with Crippen LogP contribution in [0, 0.1) is 6.92 Å². The van der Waals surface area contributed by atoms with Crippen molar-refractivity contribution in [1.82, 2.24) is 10.4 Å². The Kier molecular flexibility index (Phi) is 4.62. The van der Waals surface area contributed by atoms with E-state index in [1.54, 1.807) is 18.0 Å². The molecule has 2 amide bonds. The lowest BCUT2D eigenvalue weighted by molar-refractivity contribution is -0.116. The molecule has 0 aliphatic heterocycles. The predicted octanol–water partition coefficient (Wildman–Crippen LogP) is 2.43. The standard InChI is InChI=1S/C18H24N4O2/c1-10-7-15(17(24)21-19)20-16-13(10)8-12(22(6)11(2)23)9-14(16)18(3,4)5/h7-9H,19H2,1-6H3,(H,21,24). The fourth-order valence-corrected chi connectivity index (χ4v) is 2.61. The van der Waals surface area contributed by atoms with Crippen molar-refractivity contribution in [3.05, 3.63) is 35.0 Å².